The van der Waals surface area contributed by atoms with Crippen molar-refractivity contribution in [2.24, 2.45) is 0 Å². The van der Waals surface area contributed by atoms with Gasteiger partial charge >= 0.3 is 0 Å². The maximum atomic E-state index is 12.5. The number of amides is 2. The average Bonchev–Trinajstić information content (AvgIpc) is 2.63. The molecule has 3 rings (SSSR count). The first-order valence-electron chi connectivity index (χ1n) is 8.62. The lowest BCUT2D eigenvalue weighted by Gasteiger charge is -2.37. The number of piperazine rings is 1. The van der Waals surface area contributed by atoms with Crippen molar-refractivity contribution in [1.29, 1.82) is 0 Å². The molecule has 0 bridgehead atoms. The predicted molar refractivity (Wildman–Crippen MR) is 92.2 cm³/mol. The largest absolute Gasteiger partial charge is 0.495 e. The number of nitrogens with zero attached hydrogens (tertiary/aromatic N) is 3. The lowest BCUT2D eigenvalue weighted by Crippen LogP contribution is -2.52. The van der Waals surface area contributed by atoms with E-state index in [1.165, 1.54) is 0 Å². The molecule has 130 valence electrons. The highest BCUT2D eigenvalue weighted by Gasteiger charge is 2.26. The number of hydrogen-bond acceptors (Lipinski definition) is 4. The molecule has 0 aliphatic carbocycles. The van der Waals surface area contributed by atoms with Crippen LogP contribution in [0.4, 0.5) is 5.69 Å². The second-order valence-electron chi connectivity index (χ2n) is 6.31. The number of para-hydroxylation sites is 2. The van der Waals surface area contributed by atoms with Crippen molar-refractivity contribution in [2.75, 3.05) is 51.3 Å². The minimum Gasteiger partial charge on any atom is -0.495 e. The van der Waals surface area contributed by atoms with Gasteiger partial charge in [-0.15, -0.1) is 0 Å². The topological polar surface area (TPSA) is 53.1 Å². The molecule has 0 radical (unpaired) electrons. The molecular formula is C18H25N3O3. The summed E-state index contributed by atoms with van der Waals surface area (Å²) in [5.41, 5.74) is 1.07. The molecule has 6 heteroatoms. The van der Waals surface area contributed by atoms with Gasteiger partial charge in [0.15, 0.2) is 0 Å². The zero-order valence-electron chi connectivity index (χ0n) is 14.2. The summed E-state index contributed by atoms with van der Waals surface area (Å²) in [6.07, 6.45) is 2.52. The van der Waals surface area contributed by atoms with Crippen LogP contribution in [0.15, 0.2) is 24.3 Å². The number of anilines is 1. The Morgan fingerprint density at radius 1 is 1.08 bits per heavy atom. The molecule has 2 fully saturated rings. The van der Waals surface area contributed by atoms with E-state index >= 15 is 0 Å². The summed E-state index contributed by atoms with van der Waals surface area (Å²) < 4.78 is 5.42. The zero-order valence-corrected chi connectivity index (χ0v) is 14.2. The Labute approximate surface area is 143 Å². The molecule has 2 amide bonds. The Morgan fingerprint density at radius 3 is 2.54 bits per heavy atom. The van der Waals surface area contributed by atoms with Crippen LogP contribution in [-0.2, 0) is 9.59 Å². The maximum Gasteiger partial charge on any atom is 0.242 e. The van der Waals surface area contributed by atoms with E-state index in [0.717, 1.165) is 37.4 Å². The van der Waals surface area contributed by atoms with Gasteiger partial charge in [-0.05, 0) is 25.0 Å². The van der Waals surface area contributed by atoms with Crippen molar-refractivity contribution in [3.63, 3.8) is 0 Å². The van der Waals surface area contributed by atoms with Gasteiger partial charge in [-0.3, -0.25) is 9.59 Å². The Hall–Kier alpha value is -2.24. The van der Waals surface area contributed by atoms with E-state index < -0.39 is 0 Å². The molecule has 0 saturated carbocycles. The van der Waals surface area contributed by atoms with Crippen molar-refractivity contribution in [3.8, 4) is 5.75 Å². The van der Waals surface area contributed by atoms with Gasteiger partial charge in [-0.1, -0.05) is 12.1 Å². The fraction of sp³-hybridized carbons (Fsp3) is 0.556. The quantitative estimate of drug-likeness (QED) is 0.836. The van der Waals surface area contributed by atoms with Crippen molar-refractivity contribution < 1.29 is 14.3 Å². The van der Waals surface area contributed by atoms with Gasteiger partial charge in [0.05, 0.1) is 19.3 Å². The molecule has 0 unspecified atom stereocenters. The van der Waals surface area contributed by atoms with E-state index in [-0.39, 0.29) is 18.4 Å². The molecule has 0 atom stereocenters. The maximum absolute atomic E-state index is 12.5. The molecule has 2 saturated heterocycles. The lowest BCUT2D eigenvalue weighted by molar-refractivity contribution is -0.142. The first kappa shape index (κ1) is 16.6. The lowest BCUT2D eigenvalue weighted by atomic mass is 10.1. The number of benzene rings is 1. The first-order valence-corrected chi connectivity index (χ1v) is 8.62. The van der Waals surface area contributed by atoms with Crippen LogP contribution in [0.2, 0.25) is 0 Å². The Kier molecular flexibility index (Phi) is 5.23. The van der Waals surface area contributed by atoms with E-state index in [2.05, 4.69) is 4.90 Å². The summed E-state index contributed by atoms with van der Waals surface area (Å²) >= 11 is 0. The average molecular weight is 331 g/mol. The van der Waals surface area contributed by atoms with Gasteiger partial charge < -0.3 is 19.4 Å². The fourth-order valence-electron chi connectivity index (χ4n) is 3.38. The second kappa shape index (κ2) is 7.55. The summed E-state index contributed by atoms with van der Waals surface area (Å²) in [5.74, 6) is 1.03. The number of ether oxygens (including phenoxy) is 1. The van der Waals surface area contributed by atoms with Crippen LogP contribution in [0.3, 0.4) is 0 Å². The van der Waals surface area contributed by atoms with Crippen LogP contribution in [0.25, 0.3) is 0 Å². The first-order chi connectivity index (χ1) is 11.7. The molecule has 0 spiro atoms. The molecule has 0 aromatic heterocycles. The summed E-state index contributed by atoms with van der Waals surface area (Å²) in [4.78, 5) is 30.1. The summed E-state index contributed by atoms with van der Waals surface area (Å²) in [7, 11) is 1.67. The van der Waals surface area contributed by atoms with Crippen molar-refractivity contribution in [3.05, 3.63) is 24.3 Å². The van der Waals surface area contributed by atoms with E-state index in [9.17, 15) is 9.59 Å². The number of carbonyl (C=O) groups is 2. The van der Waals surface area contributed by atoms with Crippen LogP contribution in [0.5, 0.6) is 5.75 Å². The van der Waals surface area contributed by atoms with Crippen LogP contribution in [0, 0.1) is 0 Å². The van der Waals surface area contributed by atoms with Crippen LogP contribution >= 0.6 is 0 Å². The van der Waals surface area contributed by atoms with Gasteiger partial charge in [0.2, 0.25) is 11.8 Å². The molecule has 2 aliphatic heterocycles. The third-order valence-electron chi connectivity index (χ3n) is 4.81. The Bertz CT molecular complexity index is 597. The summed E-state index contributed by atoms with van der Waals surface area (Å²) in [5, 5.41) is 0. The van der Waals surface area contributed by atoms with Gasteiger partial charge in [0.25, 0.3) is 0 Å². The highest BCUT2D eigenvalue weighted by molar-refractivity contribution is 5.85. The SMILES string of the molecule is COc1ccccc1N1CCN(C(=O)CN2CCCCC2=O)CC1. The number of rotatable bonds is 4. The molecule has 2 heterocycles. The molecular weight excluding hydrogens is 306 g/mol. The number of piperidine rings is 1. The molecule has 1 aromatic carbocycles. The zero-order chi connectivity index (χ0) is 16.9. The van der Waals surface area contributed by atoms with Crippen molar-refractivity contribution >= 4 is 17.5 Å². The van der Waals surface area contributed by atoms with Crippen LogP contribution < -0.4 is 9.64 Å². The van der Waals surface area contributed by atoms with Crippen LogP contribution in [-0.4, -0.2) is 68.0 Å². The number of carbonyl (C=O) groups excluding carboxylic acids is 2. The smallest absolute Gasteiger partial charge is 0.242 e. The van der Waals surface area contributed by atoms with E-state index in [1.54, 1.807) is 12.0 Å². The molecule has 2 aliphatic rings. The Balaban J connectivity index is 1.54. The standard InChI is InChI=1S/C18H25N3O3/c1-24-16-7-3-2-6-15(16)19-10-12-20(13-11-19)18(23)14-21-9-5-4-8-17(21)22/h2-3,6-7H,4-5,8-14H2,1H3. The van der Waals surface area contributed by atoms with Gasteiger partial charge in [0.1, 0.15) is 5.75 Å². The molecule has 6 nitrogen and oxygen atoms in total. The number of likely N-dealkylation sites (tertiary alicyclic amines) is 1. The normalized spacial score (nSPS) is 18.7. The molecule has 1 aromatic rings. The van der Waals surface area contributed by atoms with E-state index in [4.69, 9.17) is 4.74 Å². The van der Waals surface area contributed by atoms with Gasteiger partial charge in [-0.2, -0.15) is 0 Å². The Morgan fingerprint density at radius 2 is 1.83 bits per heavy atom. The van der Waals surface area contributed by atoms with Gasteiger partial charge in [-0.25, -0.2) is 0 Å². The van der Waals surface area contributed by atoms with Crippen molar-refractivity contribution in [1.82, 2.24) is 9.80 Å². The fourth-order valence-corrected chi connectivity index (χ4v) is 3.38. The third-order valence-corrected chi connectivity index (χ3v) is 4.81. The number of hydrogen-bond donors (Lipinski definition) is 0. The van der Waals surface area contributed by atoms with Crippen LogP contribution in [0.1, 0.15) is 19.3 Å². The predicted octanol–water partition coefficient (Wildman–Crippen LogP) is 1.36. The number of methoxy groups -OCH3 is 1. The summed E-state index contributed by atoms with van der Waals surface area (Å²) in [6, 6.07) is 7.95. The van der Waals surface area contributed by atoms with E-state index in [0.29, 0.717) is 26.1 Å². The highest BCUT2D eigenvalue weighted by Crippen LogP contribution is 2.28. The minimum absolute atomic E-state index is 0.0601. The second-order valence-corrected chi connectivity index (χ2v) is 6.31. The van der Waals surface area contributed by atoms with E-state index in [1.807, 2.05) is 29.2 Å². The van der Waals surface area contributed by atoms with Crippen molar-refractivity contribution in [2.45, 2.75) is 19.3 Å². The monoisotopic (exact) mass is 331 g/mol. The van der Waals surface area contributed by atoms with Gasteiger partial charge in [0, 0.05) is 39.1 Å². The molecule has 24 heavy (non-hydrogen) atoms. The third kappa shape index (κ3) is 3.63. The summed E-state index contributed by atoms with van der Waals surface area (Å²) in [6.45, 7) is 3.86. The molecule has 0 N–H and O–H groups in total. The highest BCUT2D eigenvalue weighted by atomic mass is 16.5. The minimum atomic E-state index is 0.0601.